The number of ether oxygens (including phenoxy) is 2. The van der Waals surface area contributed by atoms with E-state index in [4.69, 9.17) is 15.3 Å². The highest BCUT2D eigenvalue weighted by molar-refractivity contribution is 5.81. The zero-order valence-corrected chi connectivity index (χ0v) is 12.5. The van der Waals surface area contributed by atoms with Crippen molar-refractivity contribution in [1.29, 1.82) is 0 Å². The molecule has 1 atom stereocenters. The molecular formula is C13H29N3O3. The van der Waals surface area contributed by atoms with Gasteiger partial charge >= 0.3 is 0 Å². The Morgan fingerprint density at radius 1 is 1.16 bits per heavy atom. The van der Waals surface area contributed by atoms with Crippen LogP contribution in [0.25, 0.3) is 0 Å². The van der Waals surface area contributed by atoms with Gasteiger partial charge < -0.3 is 9.47 Å². The number of hydrogen-bond donors (Lipinski definition) is 2. The largest absolute Gasteiger partial charge is 0.380 e. The molecule has 0 aromatic rings. The molecule has 0 radical (unpaired) electrons. The van der Waals surface area contributed by atoms with Gasteiger partial charge in [0.05, 0.1) is 19.3 Å². The summed E-state index contributed by atoms with van der Waals surface area (Å²) >= 11 is 0. The lowest BCUT2D eigenvalue weighted by Gasteiger charge is -2.30. The molecule has 0 bridgehead atoms. The molecule has 6 nitrogen and oxygen atoms in total. The van der Waals surface area contributed by atoms with E-state index in [1.54, 1.807) is 0 Å². The molecule has 1 unspecified atom stereocenters. The van der Waals surface area contributed by atoms with E-state index >= 15 is 0 Å². The second-order valence-electron chi connectivity index (χ2n) is 4.24. The summed E-state index contributed by atoms with van der Waals surface area (Å²) in [6.07, 6.45) is 1.71. The highest BCUT2D eigenvalue weighted by Crippen LogP contribution is 2.07. The fourth-order valence-corrected chi connectivity index (χ4v) is 1.92. The summed E-state index contributed by atoms with van der Waals surface area (Å²) in [5.41, 5.74) is 2.25. The van der Waals surface area contributed by atoms with E-state index in [-0.39, 0.29) is 11.9 Å². The fourth-order valence-electron chi connectivity index (χ4n) is 1.92. The monoisotopic (exact) mass is 275 g/mol. The summed E-state index contributed by atoms with van der Waals surface area (Å²) in [7, 11) is 0. The molecule has 0 aliphatic heterocycles. The first-order valence-corrected chi connectivity index (χ1v) is 7.11. The van der Waals surface area contributed by atoms with Crippen LogP contribution in [0.4, 0.5) is 0 Å². The van der Waals surface area contributed by atoms with Crippen LogP contribution in [0.1, 0.15) is 33.6 Å². The van der Waals surface area contributed by atoms with Crippen molar-refractivity contribution < 1.29 is 14.3 Å². The van der Waals surface area contributed by atoms with Gasteiger partial charge in [0.2, 0.25) is 0 Å². The molecule has 0 aromatic heterocycles. The van der Waals surface area contributed by atoms with Crippen LogP contribution >= 0.6 is 0 Å². The molecule has 0 fully saturated rings. The van der Waals surface area contributed by atoms with E-state index in [1.165, 1.54) is 0 Å². The van der Waals surface area contributed by atoms with Gasteiger partial charge in [0.1, 0.15) is 0 Å². The van der Waals surface area contributed by atoms with Gasteiger partial charge in [-0.15, -0.1) is 0 Å². The van der Waals surface area contributed by atoms with Crippen molar-refractivity contribution in [2.24, 2.45) is 5.84 Å². The van der Waals surface area contributed by atoms with Crippen molar-refractivity contribution in [3.8, 4) is 0 Å². The molecule has 0 aliphatic rings. The zero-order valence-electron chi connectivity index (χ0n) is 12.5. The lowest BCUT2D eigenvalue weighted by molar-refractivity contribution is -0.127. The van der Waals surface area contributed by atoms with Gasteiger partial charge in [0.15, 0.2) is 0 Å². The fraction of sp³-hybridized carbons (Fsp3) is 0.923. The summed E-state index contributed by atoms with van der Waals surface area (Å²) in [4.78, 5) is 13.9. The minimum Gasteiger partial charge on any atom is -0.380 e. The molecule has 3 N–H and O–H groups in total. The molecule has 6 heteroatoms. The number of nitrogens with zero attached hydrogens (tertiary/aromatic N) is 1. The van der Waals surface area contributed by atoms with Gasteiger partial charge in [-0.2, -0.15) is 0 Å². The molecule has 0 saturated heterocycles. The summed E-state index contributed by atoms with van der Waals surface area (Å²) in [5, 5.41) is 0. The van der Waals surface area contributed by atoms with E-state index in [2.05, 4.69) is 17.2 Å². The van der Waals surface area contributed by atoms with E-state index in [9.17, 15) is 4.79 Å². The molecule has 0 aromatic carbocycles. The minimum absolute atomic E-state index is 0.144. The van der Waals surface area contributed by atoms with E-state index in [0.717, 1.165) is 12.8 Å². The molecule has 114 valence electrons. The van der Waals surface area contributed by atoms with Crippen LogP contribution in [0.2, 0.25) is 0 Å². The molecule has 0 spiro atoms. The smallest absolute Gasteiger partial charge is 0.251 e. The predicted octanol–water partition coefficient (Wildman–Crippen LogP) is 0.520. The standard InChI is InChI=1S/C13H29N3O3/c1-4-7-12(13(17)15-14)16(8-10-18-5-2)9-11-19-6-3/h12H,4-11,14H2,1-3H3,(H,15,17). The van der Waals surface area contributed by atoms with Gasteiger partial charge in [-0.1, -0.05) is 13.3 Å². The SMILES string of the molecule is CCCC(C(=O)NN)N(CCOCC)CCOCC. The molecule has 19 heavy (non-hydrogen) atoms. The number of hydrogen-bond acceptors (Lipinski definition) is 5. The highest BCUT2D eigenvalue weighted by Gasteiger charge is 2.24. The van der Waals surface area contributed by atoms with Crippen molar-refractivity contribution in [3.63, 3.8) is 0 Å². The van der Waals surface area contributed by atoms with Crippen molar-refractivity contribution in [3.05, 3.63) is 0 Å². The Morgan fingerprint density at radius 3 is 2.05 bits per heavy atom. The van der Waals surface area contributed by atoms with Crippen molar-refractivity contribution in [2.75, 3.05) is 39.5 Å². The van der Waals surface area contributed by atoms with Crippen LogP contribution in [0.15, 0.2) is 0 Å². The Labute approximate surface area is 116 Å². The van der Waals surface area contributed by atoms with E-state index < -0.39 is 0 Å². The number of rotatable bonds is 12. The summed E-state index contributed by atoms with van der Waals surface area (Å²) < 4.78 is 10.7. The van der Waals surface area contributed by atoms with Crippen molar-refractivity contribution >= 4 is 5.91 Å². The van der Waals surface area contributed by atoms with Crippen LogP contribution in [-0.4, -0.2) is 56.4 Å². The second-order valence-corrected chi connectivity index (χ2v) is 4.24. The molecule has 1 amide bonds. The van der Waals surface area contributed by atoms with Crippen molar-refractivity contribution in [2.45, 2.75) is 39.7 Å². The minimum atomic E-state index is -0.212. The zero-order chi connectivity index (χ0) is 14.5. The van der Waals surface area contributed by atoms with E-state index in [0.29, 0.717) is 39.5 Å². The highest BCUT2D eigenvalue weighted by atomic mass is 16.5. The topological polar surface area (TPSA) is 76.8 Å². The number of nitrogens with one attached hydrogen (secondary N) is 1. The maximum Gasteiger partial charge on any atom is 0.251 e. The van der Waals surface area contributed by atoms with Crippen LogP contribution in [0, 0.1) is 0 Å². The molecule has 0 heterocycles. The predicted molar refractivity (Wildman–Crippen MR) is 75.6 cm³/mol. The summed E-state index contributed by atoms with van der Waals surface area (Å²) in [6, 6.07) is -0.212. The number of carbonyl (C=O) groups is 1. The summed E-state index contributed by atoms with van der Waals surface area (Å²) in [6.45, 7) is 9.97. The average molecular weight is 275 g/mol. The quantitative estimate of drug-likeness (QED) is 0.235. The van der Waals surface area contributed by atoms with Gasteiger partial charge in [-0.25, -0.2) is 5.84 Å². The maximum atomic E-state index is 11.8. The third kappa shape index (κ3) is 8.15. The Kier molecular flexibility index (Phi) is 11.9. The number of hydrazine groups is 1. The van der Waals surface area contributed by atoms with Crippen LogP contribution in [0.5, 0.6) is 0 Å². The van der Waals surface area contributed by atoms with Gasteiger partial charge in [-0.3, -0.25) is 15.1 Å². The maximum absolute atomic E-state index is 11.8. The Balaban J connectivity index is 4.47. The van der Waals surface area contributed by atoms with Crippen LogP contribution < -0.4 is 11.3 Å². The average Bonchev–Trinajstić information content (AvgIpc) is 2.43. The number of nitrogens with two attached hydrogens (primary N) is 1. The normalized spacial score (nSPS) is 12.7. The van der Waals surface area contributed by atoms with E-state index in [1.807, 2.05) is 13.8 Å². The van der Waals surface area contributed by atoms with Crippen molar-refractivity contribution in [1.82, 2.24) is 10.3 Å². The molecular weight excluding hydrogens is 246 g/mol. The van der Waals surface area contributed by atoms with Gasteiger partial charge in [0.25, 0.3) is 5.91 Å². The van der Waals surface area contributed by atoms with Gasteiger partial charge in [0, 0.05) is 26.3 Å². The molecule has 0 rings (SSSR count). The Hall–Kier alpha value is -0.690. The number of amides is 1. The van der Waals surface area contributed by atoms with Crippen LogP contribution in [-0.2, 0) is 14.3 Å². The Bertz CT molecular complexity index is 217. The lowest BCUT2D eigenvalue weighted by Crippen LogP contribution is -2.51. The first-order chi connectivity index (χ1) is 9.21. The first kappa shape index (κ1) is 18.3. The Morgan fingerprint density at radius 2 is 1.68 bits per heavy atom. The first-order valence-electron chi connectivity index (χ1n) is 7.11. The van der Waals surface area contributed by atoms with Gasteiger partial charge in [-0.05, 0) is 20.3 Å². The third-order valence-electron chi connectivity index (χ3n) is 2.90. The molecule has 0 saturated carbocycles. The number of carbonyl (C=O) groups excluding carboxylic acids is 1. The summed E-state index contributed by atoms with van der Waals surface area (Å²) in [5.74, 6) is 5.12. The van der Waals surface area contributed by atoms with Crippen LogP contribution in [0.3, 0.4) is 0 Å². The lowest BCUT2D eigenvalue weighted by atomic mass is 10.1. The second kappa shape index (κ2) is 12.3. The molecule has 0 aliphatic carbocycles. The third-order valence-corrected chi connectivity index (χ3v) is 2.90.